The molecule has 1 amide bonds. The van der Waals surface area contributed by atoms with Crippen LogP contribution < -0.4 is 4.74 Å². The Kier molecular flexibility index (Phi) is 10.9. The number of hydrogen-bond acceptors (Lipinski definition) is 7. The van der Waals surface area contributed by atoms with Crippen LogP contribution in [0, 0.1) is 22.0 Å². The van der Waals surface area contributed by atoms with E-state index in [1.165, 1.54) is 36.2 Å². The molecule has 238 valence electrons. The number of piperidine rings is 1. The van der Waals surface area contributed by atoms with Gasteiger partial charge in [0.25, 0.3) is 11.6 Å². The number of nitrogens with zero attached hydrogens (tertiary/aromatic N) is 4. The van der Waals surface area contributed by atoms with Crippen molar-refractivity contribution in [3.8, 4) is 5.75 Å². The Morgan fingerprint density at radius 3 is 2.30 bits per heavy atom. The van der Waals surface area contributed by atoms with Crippen LogP contribution in [0.4, 0.5) is 5.69 Å². The number of rotatable bonds is 12. The molecule has 1 N–H and O–H groups in total. The maximum absolute atomic E-state index is 13.1. The summed E-state index contributed by atoms with van der Waals surface area (Å²) in [5.74, 6) is 0.550. The standard InChI is InChI=1S/C34H46N4O6/c1-2-37(32(39)24-44-30-15-13-29(14-16-30)38(42)43)28-17-19-35(20-18-28)21-27-22-36(23-31(27)25-9-5-3-6-10-25)33(34(40)41)26-11-7-4-8-12-26/h3,5-6,9-10,13-16,26-28,31,33H,2,4,7-8,11-12,17-24H2,1H3,(H,40,41)/t27-,31+,33+/m0/s1. The zero-order valence-electron chi connectivity index (χ0n) is 25.8. The van der Waals surface area contributed by atoms with Crippen molar-refractivity contribution in [3.63, 3.8) is 0 Å². The number of nitro groups is 1. The maximum atomic E-state index is 13.1. The summed E-state index contributed by atoms with van der Waals surface area (Å²) in [4.78, 5) is 42.7. The topological polar surface area (TPSA) is 116 Å². The second-order valence-electron chi connectivity index (χ2n) is 12.7. The van der Waals surface area contributed by atoms with Gasteiger partial charge in [0.15, 0.2) is 6.61 Å². The highest BCUT2D eigenvalue weighted by Crippen LogP contribution is 2.38. The van der Waals surface area contributed by atoms with Crippen molar-refractivity contribution in [2.24, 2.45) is 11.8 Å². The SMILES string of the molecule is CCN(C(=O)COc1ccc([N+](=O)[O-])cc1)C1CCN(C[C@H]2CN([C@@H](C(=O)O)C3CCCCC3)C[C@@H]2c2ccccc2)CC1. The van der Waals surface area contributed by atoms with E-state index in [0.29, 0.717) is 24.1 Å². The third-order valence-electron chi connectivity index (χ3n) is 10.0. The van der Waals surface area contributed by atoms with Crippen LogP contribution in [-0.2, 0) is 9.59 Å². The number of carboxylic acid groups (broad SMARTS) is 1. The molecule has 5 rings (SSSR count). The van der Waals surface area contributed by atoms with Gasteiger partial charge in [-0.05, 0) is 62.1 Å². The molecule has 1 saturated carbocycles. The van der Waals surface area contributed by atoms with Gasteiger partial charge in [-0.25, -0.2) is 0 Å². The average Bonchev–Trinajstić information content (AvgIpc) is 3.45. The van der Waals surface area contributed by atoms with Gasteiger partial charge in [0.05, 0.1) is 4.92 Å². The van der Waals surface area contributed by atoms with E-state index in [1.54, 1.807) is 0 Å². The number of carbonyl (C=O) groups is 2. The van der Waals surface area contributed by atoms with E-state index in [1.807, 2.05) is 17.9 Å². The third kappa shape index (κ3) is 7.77. The number of aliphatic carboxylic acids is 1. The Labute approximate surface area is 260 Å². The molecule has 10 heteroatoms. The molecule has 10 nitrogen and oxygen atoms in total. The van der Waals surface area contributed by atoms with Crippen LogP contribution in [0.25, 0.3) is 0 Å². The lowest BCUT2D eigenvalue weighted by atomic mass is 9.83. The summed E-state index contributed by atoms with van der Waals surface area (Å²) in [6.45, 7) is 6.76. The average molecular weight is 607 g/mol. The summed E-state index contributed by atoms with van der Waals surface area (Å²) in [6, 6.07) is 16.1. The lowest BCUT2D eigenvalue weighted by Gasteiger charge is -2.39. The van der Waals surface area contributed by atoms with Crippen molar-refractivity contribution >= 4 is 17.6 Å². The molecule has 1 aliphatic carbocycles. The fourth-order valence-electron chi connectivity index (χ4n) is 7.78. The first-order valence-electron chi connectivity index (χ1n) is 16.2. The molecule has 3 fully saturated rings. The van der Waals surface area contributed by atoms with Crippen LogP contribution in [0.3, 0.4) is 0 Å². The van der Waals surface area contributed by atoms with E-state index in [-0.39, 0.29) is 30.2 Å². The smallest absolute Gasteiger partial charge is 0.321 e. The lowest BCUT2D eigenvalue weighted by Crippen LogP contribution is -2.49. The van der Waals surface area contributed by atoms with Gasteiger partial charge in [0.1, 0.15) is 11.8 Å². The Bertz CT molecular complexity index is 1240. The normalized spacial score (nSPS) is 22.8. The predicted octanol–water partition coefficient (Wildman–Crippen LogP) is 5.04. The largest absolute Gasteiger partial charge is 0.484 e. The molecule has 2 saturated heterocycles. The highest BCUT2D eigenvalue weighted by Gasteiger charge is 2.43. The zero-order valence-corrected chi connectivity index (χ0v) is 25.8. The van der Waals surface area contributed by atoms with Gasteiger partial charge < -0.3 is 19.6 Å². The minimum absolute atomic E-state index is 0.0167. The van der Waals surface area contributed by atoms with E-state index in [4.69, 9.17) is 4.74 Å². The highest BCUT2D eigenvalue weighted by atomic mass is 16.6. The van der Waals surface area contributed by atoms with Gasteiger partial charge in [-0.1, -0.05) is 49.6 Å². The predicted molar refractivity (Wildman–Crippen MR) is 168 cm³/mol. The zero-order chi connectivity index (χ0) is 31.1. The molecule has 2 aromatic carbocycles. The van der Waals surface area contributed by atoms with E-state index >= 15 is 0 Å². The summed E-state index contributed by atoms with van der Waals surface area (Å²) in [7, 11) is 0. The number of benzene rings is 2. The fourth-order valence-corrected chi connectivity index (χ4v) is 7.78. The van der Waals surface area contributed by atoms with Crippen molar-refractivity contribution in [1.29, 1.82) is 0 Å². The fraction of sp³-hybridized carbons (Fsp3) is 0.588. The summed E-state index contributed by atoms with van der Waals surface area (Å²) in [6.07, 6.45) is 7.24. The molecular weight excluding hydrogens is 560 g/mol. The Balaban J connectivity index is 1.18. The molecule has 0 spiro atoms. The number of hydrogen-bond donors (Lipinski definition) is 1. The molecule has 44 heavy (non-hydrogen) atoms. The van der Waals surface area contributed by atoms with Crippen molar-refractivity contribution < 1.29 is 24.4 Å². The number of amides is 1. The molecule has 2 aromatic rings. The molecule has 3 aliphatic rings. The summed E-state index contributed by atoms with van der Waals surface area (Å²) in [5, 5.41) is 21.2. The molecule has 3 atom stereocenters. The van der Waals surface area contributed by atoms with Crippen molar-refractivity contribution in [3.05, 3.63) is 70.3 Å². The summed E-state index contributed by atoms with van der Waals surface area (Å²) < 4.78 is 5.66. The van der Waals surface area contributed by atoms with Gasteiger partial charge in [-0.15, -0.1) is 0 Å². The second kappa shape index (κ2) is 15.0. The van der Waals surface area contributed by atoms with E-state index in [2.05, 4.69) is 34.1 Å². The minimum Gasteiger partial charge on any atom is -0.484 e. The van der Waals surface area contributed by atoms with Crippen molar-refractivity contribution in [1.82, 2.24) is 14.7 Å². The summed E-state index contributed by atoms with van der Waals surface area (Å²) in [5.41, 5.74) is 1.27. The number of likely N-dealkylation sites (tertiary alicyclic amines) is 2. The third-order valence-corrected chi connectivity index (χ3v) is 10.0. The first kappa shape index (κ1) is 31.9. The highest BCUT2D eigenvalue weighted by molar-refractivity contribution is 5.78. The van der Waals surface area contributed by atoms with E-state index in [0.717, 1.165) is 71.2 Å². The number of carboxylic acids is 1. The van der Waals surface area contributed by atoms with Gasteiger partial charge in [-0.3, -0.25) is 24.6 Å². The van der Waals surface area contributed by atoms with Crippen molar-refractivity contribution in [2.75, 3.05) is 45.9 Å². The second-order valence-corrected chi connectivity index (χ2v) is 12.7. The molecular formula is C34H46N4O6. The number of nitro benzene ring substituents is 1. The lowest BCUT2D eigenvalue weighted by molar-refractivity contribution is -0.384. The molecule has 0 aromatic heterocycles. The number of non-ortho nitro benzene ring substituents is 1. The number of likely N-dealkylation sites (N-methyl/N-ethyl adjacent to an activating group) is 1. The number of ether oxygens (including phenoxy) is 1. The molecule has 0 radical (unpaired) electrons. The monoisotopic (exact) mass is 606 g/mol. The van der Waals surface area contributed by atoms with Gasteiger partial charge in [0.2, 0.25) is 0 Å². The van der Waals surface area contributed by atoms with Gasteiger partial charge in [0, 0.05) is 63.4 Å². The summed E-state index contributed by atoms with van der Waals surface area (Å²) >= 11 is 0. The van der Waals surface area contributed by atoms with Gasteiger partial charge >= 0.3 is 5.97 Å². The Morgan fingerprint density at radius 1 is 1.00 bits per heavy atom. The van der Waals surface area contributed by atoms with Crippen LogP contribution in [0.2, 0.25) is 0 Å². The first-order chi connectivity index (χ1) is 21.3. The van der Waals surface area contributed by atoms with Gasteiger partial charge in [-0.2, -0.15) is 0 Å². The minimum atomic E-state index is -0.674. The van der Waals surface area contributed by atoms with Crippen LogP contribution in [0.15, 0.2) is 54.6 Å². The first-order valence-corrected chi connectivity index (χ1v) is 16.2. The molecule has 2 aliphatic heterocycles. The van der Waals surface area contributed by atoms with Crippen LogP contribution in [-0.4, -0.2) is 94.6 Å². The van der Waals surface area contributed by atoms with Crippen LogP contribution in [0.5, 0.6) is 5.75 Å². The van der Waals surface area contributed by atoms with Crippen LogP contribution in [0.1, 0.15) is 63.4 Å². The maximum Gasteiger partial charge on any atom is 0.321 e. The van der Waals surface area contributed by atoms with E-state index in [9.17, 15) is 24.8 Å². The van der Waals surface area contributed by atoms with Crippen molar-refractivity contribution in [2.45, 2.75) is 69.9 Å². The van der Waals surface area contributed by atoms with Crippen LogP contribution >= 0.6 is 0 Å². The molecule has 0 unspecified atom stereocenters. The molecule has 2 heterocycles. The van der Waals surface area contributed by atoms with E-state index < -0.39 is 16.9 Å². The number of carbonyl (C=O) groups excluding carboxylic acids is 1. The molecule has 0 bridgehead atoms. The Hall–Kier alpha value is -3.50. The Morgan fingerprint density at radius 2 is 1.68 bits per heavy atom. The quantitative estimate of drug-likeness (QED) is 0.264.